The molecular weight excluding hydrogens is 284 g/mol. The van der Waals surface area contributed by atoms with Crippen LogP contribution in [0.1, 0.15) is 5.56 Å². The number of benzene rings is 1. The minimum atomic E-state index is -0.0382. The third-order valence-corrected chi connectivity index (χ3v) is 2.50. The van der Waals surface area contributed by atoms with Gasteiger partial charge < -0.3 is 4.74 Å². The SMILES string of the molecule is Cc1ccc(Cl)c(Oc2nc(Cl)nc(Cl)n2)c1. The van der Waals surface area contributed by atoms with Gasteiger partial charge in [0.1, 0.15) is 5.75 Å². The molecule has 7 heteroatoms. The minimum Gasteiger partial charge on any atom is -0.423 e. The van der Waals surface area contributed by atoms with E-state index in [1.807, 2.05) is 13.0 Å². The number of hydrogen-bond donors (Lipinski definition) is 0. The van der Waals surface area contributed by atoms with Gasteiger partial charge in [-0.05, 0) is 47.8 Å². The summed E-state index contributed by atoms with van der Waals surface area (Å²) in [6.07, 6.45) is 0. The molecule has 0 saturated carbocycles. The Bertz CT molecular complexity index is 542. The number of ether oxygens (including phenoxy) is 1. The fraction of sp³-hybridized carbons (Fsp3) is 0.100. The van der Waals surface area contributed by atoms with Gasteiger partial charge in [-0.15, -0.1) is 0 Å². The van der Waals surface area contributed by atoms with E-state index in [1.54, 1.807) is 12.1 Å². The van der Waals surface area contributed by atoms with Crippen molar-refractivity contribution in [2.75, 3.05) is 0 Å². The second kappa shape index (κ2) is 5.04. The molecule has 88 valence electrons. The van der Waals surface area contributed by atoms with Crippen molar-refractivity contribution in [1.82, 2.24) is 15.0 Å². The van der Waals surface area contributed by atoms with E-state index in [4.69, 9.17) is 39.5 Å². The van der Waals surface area contributed by atoms with Crippen LogP contribution in [0.25, 0.3) is 0 Å². The summed E-state index contributed by atoms with van der Waals surface area (Å²) in [4.78, 5) is 11.2. The van der Waals surface area contributed by atoms with Crippen LogP contribution in [0.15, 0.2) is 18.2 Å². The quantitative estimate of drug-likeness (QED) is 0.840. The molecule has 2 aromatic rings. The standard InChI is InChI=1S/C10H6Cl3N3O/c1-5-2-3-6(11)7(4-5)17-10-15-8(12)14-9(13)16-10/h2-4H,1H3. The molecule has 17 heavy (non-hydrogen) atoms. The number of hydrogen-bond acceptors (Lipinski definition) is 4. The zero-order chi connectivity index (χ0) is 12.4. The molecule has 0 saturated heterocycles. The monoisotopic (exact) mass is 289 g/mol. The highest BCUT2D eigenvalue weighted by atomic mass is 35.5. The summed E-state index contributed by atoms with van der Waals surface area (Å²) in [6.45, 7) is 1.91. The molecule has 0 unspecified atom stereocenters. The maximum Gasteiger partial charge on any atom is 0.327 e. The Balaban J connectivity index is 2.34. The summed E-state index contributed by atoms with van der Waals surface area (Å²) in [6, 6.07) is 5.34. The lowest BCUT2D eigenvalue weighted by Crippen LogP contribution is -1.95. The van der Waals surface area contributed by atoms with E-state index in [0.717, 1.165) is 5.56 Å². The number of aromatic nitrogens is 3. The second-order valence-electron chi connectivity index (χ2n) is 3.19. The lowest BCUT2D eigenvalue weighted by Gasteiger charge is -2.06. The van der Waals surface area contributed by atoms with E-state index in [9.17, 15) is 0 Å². The first-order valence-electron chi connectivity index (χ1n) is 4.55. The first kappa shape index (κ1) is 12.4. The van der Waals surface area contributed by atoms with Crippen molar-refractivity contribution >= 4 is 34.8 Å². The second-order valence-corrected chi connectivity index (χ2v) is 4.28. The van der Waals surface area contributed by atoms with Crippen molar-refractivity contribution < 1.29 is 4.74 Å². The van der Waals surface area contributed by atoms with Gasteiger partial charge in [-0.25, -0.2) is 0 Å². The summed E-state index contributed by atoms with van der Waals surface area (Å²) in [7, 11) is 0. The summed E-state index contributed by atoms with van der Waals surface area (Å²) >= 11 is 17.2. The maximum absolute atomic E-state index is 5.96. The van der Waals surface area contributed by atoms with Gasteiger partial charge in [0.05, 0.1) is 5.02 Å². The molecule has 0 bridgehead atoms. The smallest absolute Gasteiger partial charge is 0.327 e. The van der Waals surface area contributed by atoms with Gasteiger partial charge >= 0.3 is 6.01 Å². The Morgan fingerprint density at radius 2 is 1.65 bits per heavy atom. The van der Waals surface area contributed by atoms with Crippen LogP contribution in [-0.4, -0.2) is 15.0 Å². The van der Waals surface area contributed by atoms with E-state index < -0.39 is 0 Å². The molecule has 0 amide bonds. The van der Waals surface area contributed by atoms with Crippen molar-refractivity contribution in [3.63, 3.8) is 0 Å². The van der Waals surface area contributed by atoms with Gasteiger partial charge in [0, 0.05) is 0 Å². The molecule has 4 nitrogen and oxygen atoms in total. The highest BCUT2D eigenvalue weighted by molar-refractivity contribution is 6.32. The van der Waals surface area contributed by atoms with E-state index >= 15 is 0 Å². The molecule has 1 aromatic carbocycles. The molecule has 0 atom stereocenters. The zero-order valence-electron chi connectivity index (χ0n) is 8.62. The zero-order valence-corrected chi connectivity index (χ0v) is 10.9. The number of halogens is 3. The summed E-state index contributed by atoms with van der Waals surface area (Å²) < 4.78 is 5.39. The summed E-state index contributed by atoms with van der Waals surface area (Å²) in [5.74, 6) is 0.435. The van der Waals surface area contributed by atoms with E-state index in [-0.39, 0.29) is 16.6 Å². The van der Waals surface area contributed by atoms with Crippen molar-refractivity contribution in [2.24, 2.45) is 0 Å². The summed E-state index contributed by atoms with van der Waals surface area (Å²) in [5, 5.41) is 0.371. The highest BCUT2D eigenvalue weighted by Crippen LogP contribution is 2.29. The Labute approximate surface area is 113 Å². The van der Waals surface area contributed by atoms with Crippen molar-refractivity contribution in [3.8, 4) is 11.8 Å². The van der Waals surface area contributed by atoms with Gasteiger partial charge in [-0.2, -0.15) is 15.0 Å². The van der Waals surface area contributed by atoms with Crippen molar-refractivity contribution in [2.45, 2.75) is 6.92 Å². The van der Waals surface area contributed by atoms with Gasteiger partial charge in [-0.1, -0.05) is 17.7 Å². The maximum atomic E-state index is 5.96. The molecule has 0 aliphatic carbocycles. The Kier molecular flexibility index (Phi) is 3.66. The van der Waals surface area contributed by atoms with Crippen LogP contribution in [0.5, 0.6) is 11.8 Å². The first-order chi connectivity index (χ1) is 8.04. The van der Waals surface area contributed by atoms with Crippen LogP contribution in [0, 0.1) is 6.92 Å². The third-order valence-electron chi connectivity index (χ3n) is 1.85. The molecular formula is C10H6Cl3N3O. The van der Waals surface area contributed by atoms with E-state index in [0.29, 0.717) is 10.8 Å². The van der Waals surface area contributed by atoms with Crippen molar-refractivity contribution in [3.05, 3.63) is 39.4 Å². The molecule has 1 heterocycles. The molecule has 0 aliphatic rings. The van der Waals surface area contributed by atoms with E-state index in [1.165, 1.54) is 0 Å². The molecule has 0 radical (unpaired) electrons. The van der Waals surface area contributed by atoms with Gasteiger partial charge in [0.15, 0.2) is 0 Å². The molecule has 0 N–H and O–H groups in total. The Hall–Kier alpha value is -1.10. The summed E-state index contributed by atoms with van der Waals surface area (Å²) in [5.41, 5.74) is 0.996. The third kappa shape index (κ3) is 3.19. The van der Waals surface area contributed by atoms with Crippen LogP contribution >= 0.6 is 34.8 Å². The predicted molar refractivity (Wildman–Crippen MR) is 66.1 cm³/mol. The lowest BCUT2D eigenvalue weighted by molar-refractivity contribution is 0.439. The van der Waals surface area contributed by atoms with Crippen LogP contribution in [0.3, 0.4) is 0 Å². The Morgan fingerprint density at radius 1 is 1.00 bits per heavy atom. The predicted octanol–water partition coefficient (Wildman–Crippen LogP) is 3.93. The van der Waals surface area contributed by atoms with Crippen molar-refractivity contribution in [1.29, 1.82) is 0 Å². The lowest BCUT2D eigenvalue weighted by atomic mass is 10.2. The fourth-order valence-corrected chi connectivity index (χ4v) is 1.65. The van der Waals surface area contributed by atoms with Crippen LogP contribution in [0.2, 0.25) is 15.6 Å². The molecule has 2 rings (SSSR count). The Morgan fingerprint density at radius 3 is 2.29 bits per heavy atom. The fourth-order valence-electron chi connectivity index (χ4n) is 1.14. The number of rotatable bonds is 2. The number of aryl methyl sites for hydroxylation is 1. The first-order valence-corrected chi connectivity index (χ1v) is 5.69. The van der Waals surface area contributed by atoms with Gasteiger partial charge in [-0.3, -0.25) is 0 Å². The van der Waals surface area contributed by atoms with E-state index in [2.05, 4.69) is 15.0 Å². The molecule has 0 spiro atoms. The topological polar surface area (TPSA) is 47.9 Å². The normalized spacial score (nSPS) is 10.4. The highest BCUT2D eigenvalue weighted by Gasteiger charge is 2.08. The van der Waals surface area contributed by atoms with Crippen LogP contribution in [0.4, 0.5) is 0 Å². The molecule has 0 aliphatic heterocycles. The van der Waals surface area contributed by atoms with Gasteiger partial charge in [0.25, 0.3) is 0 Å². The van der Waals surface area contributed by atoms with Crippen LogP contribution in [-0.2, 0) is 0 Å². The minimum absolute atomic E-state index is 0.00231. The number of nitrogens with zero attached hydrogens (tertiary/aromatic N) is 3. The largest absolute Gasteiger partial charge is 0.423 e. The van der Waals surface area contributed by atoms with Gasteiger partial charge in [0.2, 0.25) is 10.6 Å². The van der Waals surface area contributed by atoms with Crippen LogP contribution < -0.4 is 4.74 Å². The molecule has 0 fully saturated rings. The average molecular weight is 291 g/mol. The molecule has 1 aromatic heterocycles. The average Bonchev–Trinajstić information content (AvgIpc) is 2.22.